The molecule has 0 aromatic heterocycles. The van der Waals surface area contributed by atoms with Gasteiger partial charge in [0.2, 0.25) is 5.91 Å². The second kappa shape index (κ2) is 6.62. The first-order chi connectivity index (χ1) is 11.0. The first-order valence-corrected chi connectivity index (χ1v) is 8.92. The van der Waals surface area contributed by atoms with Gasteiger partial charge in [-0.2, -0.15) is 0 Å². The van der Waals surface area contributed by atoms with Crippen molar-refractivity contribution in [2.75, 3.05) is 18.0 Å². The van der Waals surface area contributed by atoms with Gasteiger partial charge in [-0.3, -0.25) is 4.79 Å². The van der Waals surface area contributed by atoms with Gasteiger partial charge in [-0.05, 0) is 63.7 Å². The lowest BCUT2D eigenvalue weighted by atomic mass is 9.86. The second-order valence-corrected chi connectivity index (χ2v) is 7.26. The molecule has 1 amide bonds. The van der Waals surface area contributed by atoms with Crippen molar-refractivity contribution in [2.24, 2.45) is 5.73 Å². The van der Waals surface area contributed by atoms with Gasteiger partial charge in [0, 0.05) is 11.7 Å². The van der Waals surface area contributed by atoms with Crippen LogP contribution >= 0.6 is 0 Å². The number of carbonyl (C=O) groups excluding carboxylic acids is 1. The molecule has 3 rings (SSSR count). The predicted molar refractivity (Wildman–Crippen MR) is 94.7 cm³/mol. The van der Waals surface area contributed by atoms with Crippen molar-refractivity contribution in [3.63, 3.8) is 0 Å². The molecule has 3 N–H and O–H groups in total. The smallest absolute Gasteiger partial charge is 0.247 e. The van der Waals surface area contributed by atoms with Gasteiger partial charge in [0.15, 0.2) is 0 Å². The Hall–Kier alpha value is -1.39. The maximum absolute atomic E-state index is 13.5. The SMILES string of the molecule is Cc1cccc(C)c1N(C(=O)C1(N)CCNCC1)C1CCCC1. The molecule has 0 unspecified atom stereocenters. The number of nitrogens with one attached hydrogen (secondary N) is 1. The molecule has 2 aliphatic rings. The standard InChI is InChI=1S/C19H29N3O/c1-14-6-5-7-15(2)17(14)22(16-8-3-4-9-16)18(23)19(20)10-12-21-13-11-19/h5-7,16,21H,3-4,8-13,20H2,1-2H3. The highest BCUT2D eigenvalue weighted by Gasteiger charge is 2.42. The maximum Gasteiger partial charge on any atom is 0.247 e. The third kappa shape index (κ3) is 3.15. The van der Waals surface area contributed by atoms with Gasteiger partial charge in [0.1, 0.15) is 0 Å². The summed E-state index contributed by atoms with van der Waals surface area (Å²) in [7, 11) is 0. The molecule has 1 heterocycles. The number of hydrogen-bond donors (Lipinski definition) is 2. The van der Waals surface area contributed by atoms with Crippen LogP contribution in [0.1, 0.15) is 49.7 Å². The third-order valence-electron chi connectivity index (χ3n) is 5.51. The average molecular weight is 315 g/mol. The molecule has 0 bridgehead atoms. The molecule has 1 aromatic carbocycles. The summed E-state index contributed by atoms with van der Waals surface area (Å²) < 4.78 is 0. The molecule has 1 aliphatic carbocycles. The minimum absolute atomic E-state index is 0.128. The van der Waals surface area contributed by atoms with Gasteiger partial charge in [0.05, 0.1) is 5.54 Å². The first-order valence-electron chi connectivity index (χ1n) is 8.92. The van der Waals surface area contributed by atoms with Crippen LogP contribution < -0.4 is 16.0 Å². The van der Waals surface area contributed by atoms with Crippen molar-refractivity contribution in [3.8, 4) is 0 Å². The lowest BCUT2D eigenvalue weighted by molar-refractivity contribution is -0.125. The highest BCUT2D eigenvalue weighted by molar-refractivity contribution is 6.02. The van der Waals surface area contributed by atoms with Crippen molar-refractivity contribution in [3.05, 3.63) is 29.3 Å². The van der Waals surface area contributed by atoms with Gasteiger partial charge in [-0.25, -0.2) is 0 Å². The second-order valence-electron chi connectivity index (χ2n) is 7.26. The summed E-state index contributed by atoms with van der Waals surface area (Å²) in [4.78, 5) is 15.6. The minimum atomic E-state index is -0.720. The molecule has 23 heavy (non-hydrogen) atoms. The van der Waals surface area contributed by atoms with Crippen molar-refractivity contribution in [1.82, 2.24) is 5.32 Å². The summed E-state index contributed by atoms with van der Waals surface area (Å²) in [5, 5.41) is 3.32. The van der Waals surface area contributed by atoms with E-state index in [2.05, 4.69) is 42.3 Å². The molecule has 1 aromatic rings. The van der Waals surface area contributed by atoms with E-state index >= 15 is 0 Å². The van der Waals surface area contributed by atoms with Crippen LogP contribution in [-0.2, 0) is 4.79 Å². The van der Waals surface area contributed by atoms with E-state index < -0.39 is 5.54 Å². The monoisotopic (exact) mass is 315 g/mol. The predicted octanol–water partition coefficient (Wildman–Crippen LogP) is 2.66. The molecule has 0 spiro atoms. The van der Waals surface area contributed by atoms with Crippen molar-refractivity contribution in [2.45, 2.75) is 64.0 Å². The summed E-state index contributed by atoms with van der Waals surface area (Å²) in [6.07, 6.45) is 6.04. The first kappa shape index (κ1) is 16.5. The molecule has 4 heteroatoms. The summed E-state index contributed by atoms with van der Waals surface area (Å²) in [5.74, 6) is 0.128. The van der Waals surface area contributed by atoms with Gasteiger partial charge in [-0.15, -0.1) is 0 Å². The third-order valence-corrected chi connectivity index (χ3v) is 5.51. The number of piperidine rings is 1. The van der Waals surface area contributed by atoms with Gasteiger partial charge >= 0.3 is 0 Å². The number of hydrogen-bond acceptors (Lipinski definition) is 3. The fraction of sp³-hybridized carbons (Fsp3) is 0.632. The fourth-order valence-electron chi connectivity index (χ4n) is 4.12. The van der Waals surface area contributed by atoms with Crippen LogP contribution in [0.2, 0.25) is 0 Å². The van der Waals surface area contributed by atoms with E-state index in [1.165, 1.54) is 24.0 Å². The topological polar surface area (TPSA) is 58.4 Å². The number of nitrogens with zero attached hydrogens (tertiary/aromatic N) is 1. The molecular formula is C19H29N3O. The molecule has 0 atom stereocenters. The Morgan fingerprint density at radius 2 is 1.74 bits per heavy atom. The van der Waals surface area contributed by atoms with Crippen LogP contribution in [-0.4, -0.2) is 30.6 Å². The van der Waals surface area contributed by atoms with Crippen LogP contribution in [0.4, 0.5) is 5.69 Å². The zero-order chi connectivity index (χ0) is 16.4. The fourth-order valence-corrected chi connectivity index (χ4v) is 4.12. The zero-order valence-electron chi connectivity index (χ0n) is 14.4. The number of aryl methyl sites for hydroxylation is 2. The highest BCUT2D eigenvalue weighted by Crippen LogP contribution is 2.35. The van der Waals surface area contributed by atoms with E-state index in [4.69, 9.17) is 5.73 Å². The quantitative estimate of drug-likeness (QED) is 0.901. The van der Waals surface area contributed by atoms with Crippen LogP contribution in [0.3, 0.4) is 0 Å². The molecule has 1 saturated carbocycles. The summed E-state index contributed by atoms with van der Waals surface area (Å²) >= 11 is 0. The van der Waals surface area contributed by atoms with E-state index in [-0.39, 0.29) is 5.91 Å². The highest BCUT2D eigenvalue weighted by atomic mass is 16.2. The number of nitrogens with two attached hydrogens (primary N) is 1. The molecule has 1 aliphatic heterocycles. The molecule has 4 nitrogen and oxygen atoms in total. The van der Waals surface area contributed by atoms with E-state index in [1.807, 2.05) is 0 Å². The molecule has 0 radical (unpaired) electrons. The Bertz CT molecular complexity index is 552. The zero-order valence-corrected chi connectivity index (χ0v) is 14.4. The van der Waals surface area contributed by atoms with Crippen molar-refractivity contribution in [1.29, 1.82) is 0 Å². The van der Waals surface area contributed by atoms with E-state index in [1.54, 1.807) is 0 Å². The number of para-hydroxylation sites is 1. The van der Waals surface area contributed by atoms with Gasteiger partial charge < -0.3 is 16.0 Å². The Balaban J connectivity index is 2.00. The van der Waals surface area contributed by atoms with Crippen LogP contribution in [0.5, 0.6) is 0 Å². The molecule has 1 saturated heterocycles. The number of benzene rings is 1. The molecule has 2 fully saturated rings. The lowest BCUT2D eigenvalue weighted by Crippen LogP contribution is -2.61. The average Bonchev–Trinajstić information content (AvgIpc) is 3.05. The van der Waals surface area contributed by atoms with E-state index in [9.17, 15) is 4.79 Å². The molecule has 126 valence electrons. The number of carbonyl (C=O) groups is 1. The lowest BCUT2D eigenvalue weighted by Gasteiger charge is -2.40. The Kier molecular flexibility index (Phi) is 4.74. The van der Waals surface area contributed by atoms with Gasteiger partial charge in [0.25, 0.3) is 0 Å². The van der Waals surface area contributed by atoms with E-state index in [0.29, 0.717) is 6.04 Å². The summed E-state index contributed by atoms with van der Waals surface area (Å²) in [5.41, 5.74) is 9.29. The largest absolute Gasteiger partial charge is 0.317 e. The summed E-state index contributed by atoms with van der Waals surface area (Å²) in [6, 6.07) is 6.57. The van der Waals surface area contributed by atoms with Crippen LogP contribution in [0, 0.1) is 13.8 Å². The minimum Gasteiger partial charge on any atom is -0.317 e. The summed E-state index contributed by atoms with van der Waals surface area (Å²) in [6.45, 7) is 5.85. The molecular weight excluding hydrogens is 286 g/mol. The van der Waals surface area contributed by atoms with Crippen molar-refractivity contribution < 1.29 is 4.79 Å². The Morgan fingerprint density at radius 3 is 2.30 bits per heavy atom. The van der Waals surface area contributed by atoms with Crippen LogP contribution in [0.15, 0.2) is 18.2 Å². The van der Waals surface area contributed by atoms with E-state index in [0.717, 1.165) is 44.5 Å². The van der Waals surface area contributed by atoms with Crippen molar-refractivity contribution >= 4 is 11.6 Å². The maximum atomic E-state index is 13.5. The Morgan fingerprint density at radius 1 is 1.17 bits per heavy atom. The number of rotatable bonds is 3. The Labute approximate surface area is 139 Å². The normalized spacial score (nSPS) is 21.3. The number of amides is 1. The number of anilines is 1. The van der Waals surface area contributed by atoms with Crippen LogP contribution in [0.25, 0.3) is 0 Å². The van der Waals surface area contributed by atoms with Gasteiger partial charge in [-0.1, -0.05) is 31.0 Å².